The van der Waals surface area contributed by atoms with Crippen molar-refractivity contribution in [2.45, 2.75) is 6.42 Å². The molecular formula is C19H17ClN2O3. The summed E-state index contributed by atoms with van der Waals surface area (Å²) in [6.45, 7) is 3.95. The van der Waals surface area contributed by atoms with E-state index in [0.29, 0.717) is 22.9 Å². The van der Waals surface area contributed by atoms with Gasteiger partial charge in [-0.1, -0.05) is 36.4 Å². The fraction of sp³-hybridized carbons (Fsp3) is 0.316. The average molecular weight is 357 g/mol. The minimum absolute atomic E-state index is 0.171. The summed E-state index contributed by atoms with van der Waals surface area (Å²) in [7, 11) is 0. The molecule has 3 aliphatic rings. The molecule has 1 heterocycles. The number of rotatable bonds is 5. The third kappa shape index (κ3) is 2.59. The molecule has 6 heteroatoms. The van der Waals surface area contributed by atoms with Crippen LogP contribution in [0.2, 0.25) is 5.02 Å². The van der Waals surface area contributed by atoms with Gasteiger partial charge >= 0.3 is 0 Å². The fourth-order valence-corrected chi connectivity index (χ4v) is 4.20. The van der Waals surface area contributed by atoms with E-state index in [1.807, 2.05) is 0 Å². The zero-order valence-corrected chi connectivity index (χ0v) is 14.2. The molecule has 25 heavy (non-hydrogen) atoms. The number of ether oxygens (including phenoxy) is 1. The third-order valence-electron chi connectivity index (χ3n) is 5.09. The van der Waals surface area contributed by atoms with Crippen LogP contribution in [-0.2, 0) is 9.59 Å². The maximum Gasteiger partial charge on any atom is 0.254 e. The maximum atomic E-state index is 12.6. The van der Waals surface area contributed by atoms with E-state index < -0.39 is 0 Å². The molecule has 128 valence electrons. The monoisotopic (exact) mass is 356 g/mol. The number of halogens is 1. The van der Waals surface area contributed by atoms with E-state index in [2.05, 4.69) is 23.8 Å². The van der Waals surface area contributed by atoms with Crippen LogP contribution in [0.1, 0.15) is 12.0 Å². The van der Waals surface area contributed by atoms with E-state index in [-0.39, 0.29) is 35.5 Å². The van der Waals surface area contributed by atoms with E-state index in [0.717, 1.165) is 11.4 Å². The summed E-state index contributed by atoms with van der Waals surface area (Å²) in [5.74, 6) is -0.0222. The van der Waals surface area contributed by atoms with Crippen molar-refractivity contribution in [1.29, 1.82) is 0 Å². The molecule has 0 spiro atoms. The van der Waals surface area contributed by atoms with Gasteiger partial charge in [0.1, 0.15) is 12.4 Å². The minimum atomic E-state index is -0.254. The number of carbonyl (C=O) groups excluding carboxylic acids is 2. The van der Waals surface area contributed by atoms with Crippen LogP contribution in [0.4, 0.5) is 0 Å². The van der Waals surface area contributed by atoms with Crippen LogP contribution in [0.15, 0.2) is 48.1 Å². The summed E-state index contributed by atoms with van der Waals surface area (Å²) in [4.78, 5) is 25.2. The number of amides is 2. The number of benzene rings is 1. The number of hydrogen-bond donors (Lipinski definition) is 0. The lowest BCUT2D eigenvalue weighted by Crippen LogP contribution is -2.28. The van der Waals surface area contributed by atoms with Gasteiger partial charge in [0, 0.05) is 10.6 Å². The second-order valence-electron chi connectivity index (χ2n) is 6.51. The Morgan fingerprint density at radius 2 is 1.92 bits per heavy atom. The molecule has 0 aromatic heterocycles. The largest absolute Gasteiger partial charge is 0.489 e. The lowest BCUT2D eigenvalue weighted by atomic mass is 9.85. The number of hydrazone groups is 1. The highest BCUT2D eigenvalue weighted by Crippen LogP contribution is 2.52. The van der Waals surface area contributed by atoms with Crippen LogP contribution in [0.25, 0.3) is 0 Å². The molecular weight excluding hydrogens is 340 g/mol. The molecule has 4 atom stereocenters. The second-order valence-corrected chi connectivity index (χ2v) is 6.95. The standard InChI is InChI=1S/C19H17ClN2O3/c1-2-7-25-15-6-5-14(20)9-13(15)10-21-22-18(23)16-11-3-4-12(8-11)17(16)19(22)24/h2-6,9-12,16-17H,1,7-8H2/t11-,12-,16-,17+/m0/s1. The van der Waals surface area contributed by atoms with Gasteiger partial charge in [0.05, 0.1) is 18.1 Å². The normalized spacial score (nSPS) is 29.7. The molecule has 2 bridgehead atoms. The van der Waals surface area contributed by atoms with Gasteiger partial charge in [0.25, 0.3) is 11.8 Å². The van der Waals surface area contributed by atoms with E-state index in [1.54, 1.807) is 24.3 Å². The average Bonchev–Trinajstić information content (AvgIpc) is 3.27. The molecule has 1 aromatic carbocycles. The number of nitrogens with zero attached hydrogens (tertiary/aromatic N) is 2. The highest BCUT2D eigenvalue weighted by molar-refractivity contribution is 6.31. The quantitative estimate of drug-likeness (QED) is 0.463. The highest BCUT2D eigenvalue weighted by atomic mass is 35.5. The molecule has 0 radical (unpaired) electrons. The van der Waals surface area contributed by atoms with Gasteiger partial charge < -0.3 is 4.74 Å². The molecule has 0 N–H and O–H groups in total. The lowest BCUT2D eigenvalue weighted by Gasteiger charge is -2.13. The Bertz CT molecular complexity index is 787. The summed E-state index contributed by atoms with van der Waals surface area (Å²) in [5, 5.41) is 5.69. The van der Waals surface area contributed by atoms with Gasteiger partial charge in [-0.05, 0) is 36.5 Å². The minimum Gasteiger partial charge on any atom is -0.489 e. The molecule has 2 aliphatic carbocycles. The Kier molecular flexibility index (Phi) is 3.96. The number of fused-ring (bicyclic) bond motifs is 5. The van der Waals surface area contributed by atoms with Crippen LogP contribution in [0.3, 0.4) is 0 Å². The SMILES string of the molecule is C=CCOc1ccc(Cl)cc1C=NN1C(=O)[C@@H]2[C@H](C1=O)[C@H]1C=C[C@H]2C1. The van der Waals surface area contributed by atoms with Crippen molar-refractivity contribution in [3.8, 4) is 5.75 Å². The molecule has 4 rings (SSSR count). The summed E-state index contributed by atoms with van der Waals surface area (Å²) in [6, 6.07) is 5.11. The molecule has 0 unspecified atom stereocenters. The van der Waals surface area contributed by atoms with Crippen molar-refractivity contribution in [3.63, 3.8) is 0 Å². The molecule has 1 saturated heterocycles. The van der Waals surface area contributed by atoms with Crippen LogP contribution in [0, 0.1) is 23.7 Å². The number of imide groups is 1. The Balaban J connectivity index is 1.59. The fourth-order valence-electron chi connectivity index (χ4n) is 4.02. The van der Waals surface area contributed by atoms with Crippen molar-refractivity contribution >= 4 is 29.6 Å². The van der Waals surface area contributed by atoms with Crippen LogP contribution in [0.5, 0.6) is 5.75 Å². The zero-order chi connectivity index (χ0) is 17.6. The first-order valence-electron chi connectivity index (χ1n) is 8.23. The molecule has 2 fully saturated rings. The van der Waals surface area contributed by atoms with Gasteiger partial charge in [-0.2, -0.15) is 10.1 Å². The Morgan fingerprint density at radius 3 is 2.56 bits per heavy atom. The number of hydrogen-bond acceptors (Lipinski definition) is 4. The van der Waals surface area contributed by atoms with E-state index in [1.165, 1.54) is 6.21 Å². The molecule has 1 aromatic rings. The first kappa shape index (κ1) is 16.1. The van der Waals surface area contributed by atoms with Crippen molar-refractivity contribution in [2.24, 2.45) is 28.8 Å². The van der Waals surface area contributed by atoms with Crippen molar-refractivity contribution in [1.82, 2.24) is 5.01 Å². The second kappa shape index (κ2) is 6.15. The Hall–Kier alpha value is -2.40. The summed E-state index contributed by atoms with van der Waals surface area (Å²) in [6.07, 6.45) is 8.10. The highest BCUT2D eigenvalue weighted by Gasteiger charge is 2.59. The van der Waals surface area contributed by atoms with Crippen LogP contribution in [-0.4, -0.2) is 29.6 Å². The summed E-state index contributed by atoms with van der Waals surface area (Å²) in [5.41, 5.74) is 0.605. The topological polar surface area (TPSA) is 59.0 Å². The number of allylic oxidation sites excluding steroid dienone is 2. The van der Waals surface area contributed by atoms with Crippen LogP contribution >= 0.6 is 11.6 Å². The van der Waals surface area contributed by atoms with Gasteiger partial charge in [-0.15, -0.1) is 0 Å². The van der Waals surface area contributed by atoms with Gasteiger partial charge in [-0.3, -0.25) is 9.59 Å². The predicted octanol–water partition coefficient (Wildman–Crippen LogP) is 3.05. The summed E-state index contributed by atoms with van der Waals surface area (Å²) >= 11 is 6.03. The Labute approximate surface area is 150 Å². The molecule has 1 aliphatic heterocycles. The molecule has 1 saturated carbocycles. The Morgan fingerprint density at radius 1 is 1.24 bits per heavy atom. The predicted molar refractivity (Wildman–Crippen MR) is 94.3 cm³/mol. The zero-order valence-electron chi connectivity index (χ0n) is 13.5. The van der Waals surface area contributed by atoms with Gasteiger partial charge in [-0.25, -0.2) is 0 Å². The van der Waals surface area contributed by atoms with Crippen molar-refractivity contribution < 1.29 is 14.3 Å². The maximum absolute atomic E-state index is 12.6. The number of carbonyl (C=O) groups is 2. The van der Waals surface area contributed by atoms with E-state index in [9.17, 15) is 9.59 Å². The molecule has 2 amide bonds. The van der Waals surface area contributed by atoms with Gasteiger partial charge in [0.2, 0.25) is 0 Å². The first-order valence-corrected chi connectivity index (χ1v) is 8.61. The molecule has 5 nitrogen and oxygen atoms in total. The van der Waals surface area contributed by atoms with Crippen LogP contribution < -0.4 is 4.74 Å². The first-order chi connectivity index (χ1) is 12.1. The van der Waals surface area contributed by atoms with Crippen molar-refractivity contribution in [3.05, 3.63) is 53.6 Å². The van der Waals surface area contributed by atoms with Crippen molar-refractivity contribution in [2.75, 3.05) is 6.61 Å². The van der Waals surface area contributed by atoms with Gasteiger partial charge in [0.15, 0.2) is 0 Å². The summed E-state index contributed by atoms with van der Waals surface area (Å²) < 4.78 is 5.56. The smallest absolute Gasteiger partial charge is 0.254 e. The van der Waals surface area contributed by atoms with E-state index in [4.69, 9.17) is 16.3 Å². The lowest BCUT2D eigenvalue weighted by molar-refractivity contribution is -0.140. The van der Waals surface area contributed by atoms with E-state index >= 15 is 0 Å². The third-order valence-corrected chi connectivity index (χ3v) is 5.32.